The van der Waals surface area contributed by atoms with Crippen molar-refractivity contribution in [3.8, 4) is 5.75 Å². The van der Waals surface area contributed by atoms with Gasteiger partial charge in [0.1, 0.15) is 5.75 Å². The van der Waals surface area contributed by atoms with Crippen LogP contribution in [0.3, 0.4) is 0 Å². The normalized spacial score (nSPS) is 10.2. The number of amides is 1. The number of anilines is 1. The molecule has 0 aliphatic heterocycles. The van der Waals surface area contributed by atoms with E-state index < -0.39 is 0 Å². The van der Waals surface area contributed by atoms with E-state index in [0.717, 1.165) is 17.7 Å². The number of carbonyl (C=O) groups is 2. The molecule has 138 valence electrons. The maximum absolute atomic E-state index is 11.9. The zero-order valence-corrected chi connectivity index (χ0v) is 15.1. The number of benzene rings is 2. The smallest absolute Gasteiger partial charge is 0.306 e. The molecule has 0 spiro atoms. The summed E-state index contributed by atoms with van der Waals surface area (Å²) < 4.78 is 10.7. The Morgan fingerprint density at radius 1 is 0.923 bits per heavy atom. The predicted octanol–water partition coefficient (Wildman–Crippen LogP) is 3.98. The minimum absolute atomic E-state index is 0.0678. The lowest BCUT2D eigenvalue weighted by molar-refractivity contribution is -0.144. The molecule has 0 bridgehead atoms. The van der Waals surface area contributed by atoms with Crippen molar-refractivity contribution in [3.05, 3.63) is 60.2 Å². The average molecular weight is 355 g/mol. The zero-order valence-electron chi connectivity index (χ0n) is 15.1. The predicted molar refractivity (Wildman–Crippen MR) is 101 cm³/mol. The molecule has 0 aliphatic carbocycles. The third kappa shape index (κ3) is 7.38. The van der Waals surface area contributed by atoms with Crippen LogP contribution in [0, 0.1) is 0 Å². The van der Waals surface area contributed by atoms with Crippen LogP contribution in [0.5, 0.6) is 5.75 Å². The molecule has 2 aromatic carbocycles. The van der Waals surface area contributed by atoms with Gasteiger partial charge in [0.05, 0.1) is 19.6 Å². The van der Waals surface area contributed by atoms with Crippen molar-refractivity contribution >= 4 is 17.6 Å². The molecule has 0 aliphatic rings. The van der Waals surface area contributed by atoms with Gasteiger partial charge in [0, 0.05) is 18.5 Å². The Kier molecular flexibility index (Phi) is 8.19. The minimum Gasteiger partial charge on any atom is -0.494 e. The lowest BCUT2D eigenvalue weighted by Crippen LogP contribution is -2.15. The van der Waals surface area contributed by atoms with Crippen molar-refractivity contribution in [1.29, 1.82) is 0 Å². The second kappa shape index (κ2) is 10.9. The fourth-order valence-corrected chi connectivity index (χ4v) is 2.29. The molecule has 0 radical (unpaired) electrons. The van der Waals surface area contributed by atoms with Crippen LogP contribution in [0.25, 0.3) is 0 Å². The van der Waals surface area contributed by atoms with Gasteiger partial charge in [-0.05, 0) is 36.2 Å². The van der Waals surface area contributed by atoms with Gasteiger partial charge >= 0.3 is 5.97 Å². The van der Waals surface area contributed by atoms with Gasteiger partial charge in [0.15, 0.2) is 0 Å². The molecule has 0 saturated carbocycles. The SMILES string of the molecule is CCCOc1ccc(NC(=O)CCC(=O)OCCc2ccccc2)cc1. The van der Waals surface area contributed by atoms with Crippen molar-refractivity contribution < 1.29 is 19.1 Å². The Balaban J connectivity index is 1.63. The molecule has 0 atom stereocenters. The van der Waals surface area contributed by atoms with E-state index in [0.29, 0.717) is 25.3 Å². The Morgan fingerprint density at radius 3 is 2.35 bits per heavy atom. The number of nitrogens with one attached hydrogen (secondary N) is 1. The maximum atomic E-state index is 11.9. The molecular weight excluding hydrogens is 330 g/mol. The van der Waals surface area contributed by atoms with Crippen LogP contribution < -0.4 is 10.1 Å². The number of hydrogen-bond acceptors (Lipinski definition) is 4. The Bertz CT molecular complexity index is 683. The first kappa shape index (κ1) is 19.5. The number of rotatable bonds is 10. The molecule has 0 fully saturated rings. The molecule has 2 rings (SSSR count). The number of esters is 1. The molecule has 2 aromatic rings. The third-order valence-electron chi connectivity index (χ3n) is 3.66. The first-order chi connectivity index (χ1) is 12.7. The molecule has 1 N–H and O–H groups in total. The van der Waals surface area contributed by atoms with Crippen molar-refractivity contribution in [1.82, 2.24) is 0 Å². The highest BCUT2D eigenvalue weighted by atomic mass is 16.5. The van der Waals surface area contributed by atoms with Crippen LogP contribution in [0.2, 0.25) is 0 Å². The molecule has 5 nitrogen and oxygen atoms in total. The van der Waals surface area contributed by atoms with Crippen molar-refractivity contribution in [2.75, 3.05) is 18.5 Å². The topological polar surface area (TPSA) is 64.6 Å². The summed E-state index contributed by atoms with van der Waals surface area (Å²) in [5.74, 6) is 0.193. The van der Waals surface area contributed by atoms with Gasteiger partial charge in [0.2, 0.25) is 5.91 Å². The molecule has 0 saturated heterocycles. The molecule has 0 unspecified atom stereocenters. The van der Waals surface area contributed by atoms with Crippen LogP contribution in [-0.4, -0.2) is 25.1 Å². The van der Waals surface area contributed by atoms with E-state index in [1.54, 1.807) is 12.1 Å². The summed E-state index contributed by atoms with van der Waals surface area (Å²) in [6.45, 7) is 3.03. The Hall–Kier alpha value is -2.82. The van der Waals surface area contributed by atoms with E-state index in [4.69, 9.17) is 9.47 Å². The van der Waals surface area contributed by atoms with E-state index in [1.807, 2.05) is 49.4 Å². The van der Waals surface area contributed by atoms with Gasteiger partial charge in [0.25, 0.3) is 0 Å². The number of hydrogen-bond donors (Lipinski definition) is 1. The lowest BCUT2D eigenvalue weighted by atomic mass is 10.2. The van der Waals surface area contributed by atoms with Crippen LogP contribution in [0.15, 0.2) is 54.6 Å². The first-order valence-electron chi connectivity index (χ1n) is 8.89. The minimum atomic E-state index is -0.362. The van der Waals surface area contributed by atoms with Crippen LogP contribution in [-0.2, 0) is 20.7 Å². The first-order valence-corrected chi connectivity index (χ1v) is 8.89. The molecule has 5 heteroatoms. The molecule has 0 aromatic heterocycles. The molecule has 1 amide bonds. The largest absolute Gasteiger partial charge is 0.494 e. The number of carbonyl (C=O) groups excluding carboxylic acids is 2. The van der Waals surface area contributed by atoms with E-state index >= 15 is 0 Å². The molecule has 0 heterocycles. The van der Waals surface area contributed by atoms with Gasteiger partial charge in [-0.15, -0.1) is 0 Å². The summed E-state index contributed by atoms with van der Waals surface area (Å²) in [5.41, 5.74) is 1.79. The van der Waals surface area contributed by atoms with Crippen LogP contribution in [0.1, 0.15) is 31.7 Å². The van der Waals surface area contributed by atoms with Gasteiger partial charge in [-0.3, -0.25) is 9.59 Å². The maximum Gasteiger partial charge on any atom is 0.306 e. The standard InChI is InChI=1S/C21H25NO4/c1-2-15-25-19-10-8-18(9-11-19)22-20(23)12-13-21(24)26-16-14-17-6-4-3-5-7-17/h3-11H,2,12-16H2,1H3,(H,22,23). The second-order valence-corrected chi connectivity index (χ2v) is 5.88. The summed E-state index contributed by atoms with van der Waals surface area (Å²) in [6.07, 6.45) is 1.78. The van der Waals surface area contributed by atoms with E-state index in [9.17, 15) is 9.59 Å². The highest BCUT2D eigenvalue weighted by molar-refractivity contribution is 5.92. The van der Waals surface area contributed by atoms with Gasteiger partial charge in [-0.25, -0.2) is 0 Å². The van der Waals surface area contributed by atoms with Crippen molar-refractivity contribution in [3.63, 3.8) is 0 Å². The Morgan fingerprint density at radius 2 is 1.65 bits per heavy atom. The average Bonchev–Trinajstić information content (AvgIpc) is 2.67. The fraction of sp³-hybridized carbons (Fsp3) is 0.333. The third-order valence-corrected chi connectivity index (χ3v) is 3.66. The van der Waals surface area contributed by atoms with E-state index in [-0.39, 0.29) is 24.7 Å². The zero-order chi connectivity index (χ0) is 18.6. The van der Waals surface area contributed by atoms with Gasteiger partial charge < -0.3 is 14.8 Å². The molecule has 26 heavy (non-hydrogen) atoms. The van der Waals surface area contributed by atoms with E-state index in [1.165, 1.54) is 0 Å². The monoisotopic (exact) mass is 355 g/mol. The van der Waals surface area contributed by atoms with Crippen LogP contribution in [0.4, 0.5) is 5.69 Å². The fourth-order valence-electron chi connectivity index (χ4n) is 2.29. The van der Waals surface area contributed by atoms with Gasteiger partial charge in [-0.2, -0.15) is 0 Å². The summed E-state index contributed by atoms with van der Waals surface area (Å²) >= 11 is 0. The van der Waals surface area contributed by atoms with Crippen molar-refractivity contribution in [2.24, 2.45) is 0 Å². The lowest BCUT2D eigenvalue weighted by Gasteiger charge is -2.08. The van der Waals surface area contributed by atoms with Crippen molar-refractivity contribution in [2.45, 2.75) is 32.6 Å². The quantitative estimate of drug-likeness (QED) is 0.655. The highest BCUT2D eigenvalue weighted by Crippen LogP contribution is 2.16. The highest BCUT2D eigenvalue weighted by Gasteiger charge is 2.08. The van der Waals surface area contributed by atoms with Gasteiger partial charge in [-0.1, -0.05) is 37.3 Å². The van der Waals surface area contributed by atoms with Crippen LogP contribution >= 0.6 is 0 Å². The summed E-state index contributed by atoms with van der Waals surface area (Å²) in [4.78, 5) is 23.6. The molecular formula is C21H25NO4. The summed E-state index contributed by atoms with van der Waals surface area (Å²) in [5, 5.41) is 2.76. The second-order valence-electron chi connectivity index (χ2n) is 5.88. The van der Waals surface area contributed by atoms with E-state index in [2.05, 4.69) is 5.32 Å². The Labute approximate surface area is 154 Å². The summed E-state index contributed by atoms with van der Waals surface area (Å²) in [6, 6.07) is 17.0. The number of ether oxygens (including phenoxy) is 2. The summed E-state index contributed by atoms with van der Waals surface area (Å²) in [7, 11) is 0.